The van der Waals surface area contributed by atoms with Crippen molar-refractivity contribution in [2.24, 2.45) is 0 Å². The summed E-state index contributed by atoms with van der Waals surface area (Å²) in [6.45, 7) is 2.35. The Morgan fingerprint density at radius 1 is 1.50 bits per heavy atom. The van der Waals surface area contributed by atoms with E-state index in [0.29, 0.717) is 12.4 Å². The lowest BCUT2D eigenvalue weighted by molar-refractivity contribution is -0.136. The van der Waals surface area contributed by atoms with E-state index in [1.165, 1.54) is 0 Å². The molecule has 1 aromatic carbocycles. The fraction of sp³-hybridized carbons (Fsp3) is 0.231. The number of nitrogens with zero attached hydrogens (tertiary/aromatic N) is 1. The number of aromatic nitrogens is 1. The van der Waals surface area contributed by atoms with E-state index in [1.54, 1.807) is 29.5 Å². The zero-order valence-electron chi connectivity index (χ0n) is 9.92. The van der Waals surface area contributed by atoms with Gasteiger partial charge >= 0.3 is 5.97 Å². The molecule has 0 aliphatic carbocycles. The Hall–Kier alpha value is -1.88. The van der Waals surface area contributed by atoms with E-state index in [-0.39, 0.29) is 6.42 Å². The van der Waals surface area contributed by atoms with Crippen LogP contribution >= 0.6 is 11.3 Å². The molecule has 0 amide bonds. The number of aliphatic carboxylic acids is 1. The van der Waals surface area contributed by atoms with E-state index >= 15 is 0 Å². The van der Waals surface area contributed by atoms with Crippen molar-refractivity contribution in [3.05, 3.63) is 45.9 Å². The predicted molar refractivity (Wildman–Crippen MR) is 69.0 cm³/mol. The minimum Gasteiger partial charge on any atom is -0.487 e. The van der Waals surface area contributed by atoms with E-state index in [0.717, 1.165) is 16.3 Å². The van der Waals surface area contributed by atoms with Gasteiger partial charge in [-0.05, 0) is 24.6 Å². The number of rotatable bonds is 5. The van der Waals surface area contributed by atoms with Crippen LogP contribution in [0.4, 0.5) is 0 Å². The summed E-state index contributed by atoms with van der Waals surface area (Å²) in [5.41, 5.74) is 1.62. The number of carboxylic acid groups (broad SMARTS) is 1. The number of thiazole rings is 1. The molecular weight excluding hydrogens is 250 g/mol. The van der Waals surface area contributed by atoms with Gasteiger partial charge in [-0.2, -0.15) is 0 Å². The van der Waals surface area contributed by atoms with E-state index in [1.807, 2.05) is 18.4 Å². The molecule has 2 aromatic rings. The molecule has 0 spiro atoms. The number of hydrogen-bond donors (Lipinski definition) is 1. The minimum absolute atomic E-state index is 0.00695. The van der Waals surface area contributed by atoms with Crippen LogP contribution in [0.1, 0.15) is 16.3 Å². The zero-order valence-corrected chi connectivity index (χ0v) is 10.7. The Morgan fingerprint density at radius 3 is 3.00 bits per heavy atom. The lowest BCUT2D eigenvalue weighted by Gasteiger charge is -2.05. The van der Waals surface area contributed by atoms with Crippen molar-refractivity contribution in [1.29, 1.82) is 0 Å². The maximum Gasteiger partial charge on any atom is 0.307 e. The third-order valence-electron chi connectivity index (χ3n) is 2.31. The molecule has 0 unspecified atom stereocenters. The van der Waals surface area contributed by atoms with Gasteiger partial charge in [0.05, 0.1) is 17.1 Å². The quantitative estimate of drug-likeness (QED) is 0.901. The number of ether oxygens (including phenoxy) is 1. The normalized spacial score (nSPS) is 10.3. The molecule has 2 rings (SSSR count). The fourth-order valence-corrected chi connectivity index (χ4v) is 2.15. The van der Waals surface area contributed by atoms with Crippen molar-refractivity contribution in [2.75, 3.05) is 0 Å². The van der Waals surface area contributed by atoms with Crippen molar-refractivity contribution in [1.82, 2.24) is 4.98 Å². The van der Waals surface area contributed by atoms with Crippen LogP contribution in [0.5, 0.6) is 5.75 Å². The minimum atomic E-state index is -0.845. The molecule has 5 heteroatoms. The average molecular weight is 263 g/mol. The lowest BCUT2D eigenvalue weighted by atomic mass is 10.1. The topological polar surface area (TPSA) is 59.4 Å². The van der Waals surface area contributed by atoms with Gasteiger partial charge in [-0.15, -0.1) is 11.3 Å². The molecular formula is C13H13NO3S. The summed E-state index contributed by atoms with van der Waals surface area (Å²) < 4.78 is 5.58. The molecule has 1 heterocycles. The van der Waals surface area contributed by atoms with Gasteiger partial charge in [0.2, 0.25) is 0 Å². The van der Waals surface area contributed by atoms with E-state index in [4.69, 9.17) is 9.84 Å². The molecule has 1 N–H and O–H groups in total. The first kappa shape index (κ1) is 12.6. The molecule has 0 saturated heterocycles. The Labute approximate surface area is 109 Å². The van der Waals surface area contributed by atoms with Crippen LogP contribution in [0, 0.1) is 6.92 Å². The van der Waals surface area contributed by atoms with Gasteiger partial charge in [0, 0.05) is 5.38 Å². The molecule has 0 atom stereocenters. The summed E-state index contributed by atoms with van der Waals surface area (Å²) in [6.07, 6.45) is 0.00695. The molecule has 0 bridgehead atoms. The Bertz CT molecular complexity index is 551. The van der Waals surface area contributed by atoms with Crippen LogP contribution in [0.25, 0.3) is 0 Å². The molecule has 4 nitrogen and oxygen atoms in total. The smallest absolute Gasteiger partial charge is 0.307 e. The van der Waals surface area contributed by atoms with E-state index < -0.39 is 5.97 Å². The first-order valence-corrected chi connectivity index (χ1v) is 6.36. The second-order valence-corrected chi connectivity index (χ2v) is 4.93. The van der Waals surface area contributed by atoms with Crippen LogP contribution in [0.2, 0.25) is 0 Å². The van der Waals surface area contributed by atoms with Gasteiger partial charge in [0.1, 0.15) is 12.4 Å². The summed E-state index contributed by atoms with van der Waals surface area (Å²) in [4.78, 5) is 14.9. The first-order valence-electron chi connectivity index (χ1n) is 5.48. The molecule has 0 saturated carbocycles. The van der Waals surface area contributed by atoms with Crippen molar-refractivity contribution in [2.45, 2.75) is 20.0 Å². The average Bonchev–Trinajstić information content (AvgIpc) is 2.72. The highest BCUT2D eigenvalue weighted by Crippen LogP contribution is 2.16. The Kier molecular flexibility index (Phi) is 3.94. The first-order chi connectivity index (χ1) is 8.63. The van der Waals surface area contributed by atoms with Crippen LogP contribution in [0.3, 0.4) is 0 Å². The van der Waals surface area contributed by atoms with Crippen LogP contribution < -0.4 is 4.74 Å². The summed E-state index contributed by atoms with van der Waals surface area (Å²) in [5, 5.41) is 11.7. The maximum absolute atomic E-state index is 10.6. The molecule has 0 aliphatic heterocycles. The lowest BCUT2D eigenvalue weighted by Crippen LogP contribution is -2.01. The molecule has 18 heavy (non-hydrogen) atoms. The fourth-order valence-electron chi connectivity index (χ4n) is 1.55. The van der Waals surface area contributed by atoms with Crippen LogP contribution in [-0.2, 0) is 17.8 Å². The van der Waals surface area contributed by atoms with E-state index in [2.05, 4.69) is 4.98 Å². The highest BCUT2D eigenvalue weighted by atomic mass is 32.1. The number of carboxylic acids is 1. The van der Waals surface area contributed by atoms with Crippen LogP contribution in [-0.4, -0.2) is 16.1 Å². The van der Waals surface area contributed by atoms with Gasteiger partial charge < -0.3 is 9.84 Å². The Morgan fingerprint density at radius 2 is 2.33 bits per heavy atom. The highest BCUT2D eigenvalue weighted by molar-refractivity contribution is 7.09. The van der Waals surface area contributed by atoms with Crippen molar-refractivity contribution < 1.29 is 14.6 Å². The standard InChI is InChI=1S/C13H13NO3S/c1-9-14-11(8-18-9)7-17-12-4-2-3-10(5-12)6-13(15)16/h2-5,8H,6-7H2,1H3,(H,15,16). The summed E-state index contributed by atoms with van der Waals surface area (Å²) >= 11 is 1.58. The van der Waals surface area contributed by atoms with Crippen LogP contribution in [0.15, 0.2) is 29.6 Å². The second-order valence-electron chi connectivity index (χ2n) is 3.86. The third-order valence-corrected chi connectivity index (χ3v) is 3.13. The summed E-state index contributed by atoms with van der Waals surface area (Å²) in [7, 11) is 0. The van der Waals surface area contributed by atoms with Crippen molar-refractivity contribution in [3.63, 3.8) is 0 Å². The number of aryl methyl sites for hydroxylation is 1. The second kappa shape index (κ2) is 5.64. The van der Waals surface area contributed by atoms with Gasteiger partial charge in [-0.1, -0.05) is 12.1 Å². The number of hydrogen-bond acceptors (Lipinski definition) is 4. The number of carbonyl (C=O) groups is 1. The summed E-state index contributed by atoms with van der Waals surface area (Å²) in [5.74, 6) is -0.179. The Balaban J connectivity index is 1.98. The van der Waals surface area contributed by atoms with Crippen molar-refractivity contribution >= 4 is 17.3 Å². The number of benzene rings is 1. The monoisotopic (exact) mass is 263 g/mol. The van der Waals surface area contributed by atoms with E-state index in [9.17, 15) is 4.79 Å². The molecule has 1 aromatic heterocycles. The zero-order chi connectivity index (χ0) is 13.0. The summed E-state index contributed by atoms with van der Waals surface area (Å²) in [6, 6.07) is 7.12. The van der Waals surface area contributed by atoms with Gasteiger partial charge in [0.25, 0.3) is 0 Å². The molecule has 0 fully saturated rings. The highest BCUT2D eigenvalue weighted by Gasteiger charge is 2.03. The predicted octanol–water partition coefficient (Wildman–Crippen LogP) is 2.66. The molecule has 0 aliphatic rings. The molecule has 0 radical (unpaired) electrons. The maximum atomic E-state index is 10.6. The largest absolute Gasteiger partial charge is 0.487 e. The SMILES string of the molecule is Cc1nc(COc2cccc(CC(=O)O)c2)cs1. The molecule has 94 valence electrons. The van der Waals surface area contributed by atoms with Gasteiger partial charge in [0.15, 0.2) is 0 Å². The van der Waals surface area contributed by atoms with Gasteiger partial charge in [-0.25, -0.2) is 4.98 Å². The van der Waals surface area contributed by atoms with Crippen molar-refractivity contribution in [3.8, 4) is 5.75 Å². The van der Waals surface area contributed by atoms with Gasteiger partial charge in [-0.3, -0.25) is 4.79 Å². The third kappa shape index (κ3) is 3.56.